The molecule has 7 rings (SSSR count). The molecule has 1 saturated heterocycles. The molecular weight excluding hydrogens is 659 g/mol. The fraction of sp³-hybridized carbons (Fsp3) is 0.378. The second kappa shape index (κ2) is 16.1. The smallest absolute Gasteiger partial charge is 1.00 e. The summed E-state index contributed by atoms with van der Waals surface area (Å²) in [5.41, 5.74) is 18.5. The predicted octanol–water partition coefficient (Wildman–Crippen LogP) is 7.50. The van der Waals surface area contributed by atoms with Gasteiger partial charge in [0.15, 0.2) is 0 Å². The van der Waals surface area contributed by atoms with E-state index in [0.717, 1.165) is 12.8 Å². The molecule has 0 aromatic heterocycles. The van der Waals surface area contributed by atoms with Gasteiger partial charge in [0.25, 0.3) is 0 Å². The van der Waals surface area contributed by atoms with Gasteiger partial charge in [0.1, 0.15) is 0 Å². The predicted molar refractivity (Wildman–Crippen MR) is 197 cm³/mol. The quantitative estimate of drug-likeness (QED) is 0.134. The molecule has 0 nitrogen and oxygen atoms in total. The Balaban J connectivity index is 0.00000225. The molecule has 0 saturated carbocycles. The molecule has 2 unspecified atom stereocenters. The first-order valence-electron chi connectivity index (χ1n) is 18.5. The molecule has 3 heteroatoms. The fourth-order valence-electron chi connectivity index (χ4n) is 9.41. The average Bonchev–Trinajstić information content (AvgIpc) is 3.61. The molecule has 1 heterocycles. The minimum absolute atomic E-state index is 0. The van der Waals surface area contributed by atoms with Crippen molar-refractivity contribution in [3.05, 3.63) is 129 Å². The van der Waals surface area contributed by atoms with Crippen LogP contribution in [0.4, 0.5) is 0 Å². The van der Waals surface area contributed by atoms with Gasteiger partial charge in [-0.1, -0.05) is 0 Å². The molecule has 250 valence electrons. The molecule has 4 aromatic rings. The molecule has 0 bridgehead atoms. The molecule has 1 fully saturated rings. The van der Waals surface area contributed by atoms with E-state index in [-0.39, 0.29) is 24.8 Å². The van der Waals surface area contributed by atoms with Gasteiger partial charge in [-0.2, -0.15) is 0 Å². The first-order chi connectivity index (χ1) is 22.6. The number of benzene rings is 4. The Hall–Kier alpha value is -2.35. The second-order valence-corrected chi connectivity index (χ2v) is 21.6. The van der Waals surface area contributed by atoms with Gasteiger partial charge in [0.2, 0.25) is 0 Å². The van der Waals surface area contributed by atoms with Crippen molar-refractivity contribution in [3.8, 4) is 22.3 Å². The summed E-state index contributed by atoms with van der Waals surface area (Å²) in [7, 11) is 0. The number of fused-ring (bicyclic) bond motifs is 2. The van der Waals surface area contributed by atoms with Crippen molar-refractivity contribution in [1.29, 1.82) is 0 Å². The van der Waals surface area contributed by atoms with Crippen molar-refractivity contribution >= 4 is 12.2 Å². The molecule has 0 amide bonds. The van der Waals surface area contributed by atoms with E-state index < -0.39 is 16.6 Å². The number of allylic oxidation sites excluding steroid dienone is 2. The van der Waals surface area contributed by atoms with Crippen LogP contribution in [-0.4, -0.2) is 0 Å². The third-order valence-corrected chi connectivity index (χ3v) is 21.2. The minimum Gasteiger partial charge on any atom is -1.00 e. The zero-order valence-corrected chi connectivity index (χ0v) is 32.5. The molecule has 0 N–H and O–H groups in total. The Morgan fingerprint density at radius 2 is 0.896 bits per heavy atom. The molecular formula is C45H52Cl2Ti. The maximum absolute atomic E-state index is 2.68. The Kier molecular flexibility index (Phi) is 12.4. The average molecular weight is 712 g/mol. The monoisotopic (exact) mass is 710 g/mol. The minimum atomic E-state index is -2.52. The van der Waals surface area contributed by atoms with Crippen LogP contribution in [0.1, 0.15) is 114 Å². The zero-order chi connectivity index (χ0) is 31.7. The summed E-state index contributed by atoms with van der Waals surface area (Å²) in [6, 6.07) is 33.6. The Bertz CT molecular complexity index is 1630. The summed E-state index contributed by atoms with van der Waals surface area (Å²) in [6.45, 7) is 9.32. The maximum Gasteiger partial charge on any atom is -1.00 e. The Morgan fingerprint density at radius 3 is 1.23 bits per heavy atom. The third-order valence-electron chi connectivity index (χ3n) is 11.4. The number of hydrogen-bond acceptors (Lipinski definition) is 0. The molecule has 0 radical (unpaired) electrons. The Morgan fingerprint density at radius 1 is 0.500 bits per heavy atom. The Labute approximate surface area is 306 Å². The molecule has 4 aromatic carbocycles. The van der Waals surface area contributed by atoms with Crippen LogP contribution in [0.2, 0.25) is 9.45 Å². The number of hydrogen-bond donors (Lipinski definition) is 0. The molecule has 2 atom stereocenters. The zero-order valence-electron chi connectivity index (χ0n) is 29.4. The van der Waals surface area contributed by atoms with E-state index in [1.807, 2.05) is 0 Å². The molecule has 48 heavy (non-hydrogen) atoms. The first-order valence-corrected chi connectivity index (χ1v) is 22.5. The van der Waals surface area contributed by atoms with E-state index in [4.69, 9.17) is 0 Å². The van der Waals surface area contributed by atoms with E-state index in [0.29, 0.717) is 8.45 Å². The molecule has 3 aliphatic rings. The molecule has 1 aliphatic heterocycles. The summed E-state index contributed by atoms with van der Waals surface area (Å²) in [4.78, 5) is 0. The van der Waals surface area contributed by atoms with Gasteiger partial charge in [-0.25, -0.2) is 0 Å². The van der Waals surface area contributed by atoms with Crippen LogP contribution in [0.5, 0.6) is 0 Å². The summed E-state index contributed by atoms with van der Waals surface area (Å²) in [5, 5.41) is 0. The van der Waals surface area contributed by atoms with Crippen LogP contribution in [0, 0.1) is 0 Å². The fourth-order valence-corrected chi connectivity index (χ4v) is 19.3. The van der Waals surface area contributed by atoms with Crippen LogP contribution in [-0.2, 0) is 29.4 Å². The van der Waals surface area contributed by atoms with Gasteiger partial charge >= 0.3 is 284 Å². The van der Waals surface area contributed by atoms with E-state index in [9.17, 15) is 0 Å². The number of rotatable bonds is 12. The van der Waals surface area contributed by atoms with Gasteiger partial charge in [-0.3, -0.25) is 0 Å². The summed E-state index contributed by atoms with van der Waals surface area (Å²) >= 11 is -2.52. The van der Waals surface area contributed by atoms with Crippen LogP contribution in [0.25, 0.3) is 34.4 Å². The topological polar surface area (TPSA) is 0 Å². The van der Waals surface area contributed by atoms with Crippen molar-refractivity contribution in [2.24, 2.45) is 0 Å². The van der Waals surface area contributed by atoms with Gasteiger partial charge in [-0.15, -0.1) is 0 Å². The molecule has 2 aliphatic carbocycles. The largest absolute Gasteiger partial charge is 1.00 e. The van der Waals surface area contributed by atoms with E-state index in [1.54, 1.807) is 22.3 Å². The van der Waals surface area contributed by atoms with E-state index in [1.165, 1.54) is 98.9 Å². The standard InChI is InChI=1S/2C21H23.C3H6.2ClH.Ti/c2*1-3-6-16-10-12-18(13-11-16)20-9-5-8-19-14-17(7-4-2)15-21(19)20;1-3-2;;;/h2*5,8-15H,3-4,6-7H2,1-2H3;1-3H2;2*1H;/q;;;;;+2/p-2. The van der Waals surface area contributed by atoms with Crippen molar-refractivity contribution in [1.82, 2.24) is 0 Å². The normalized spacial score (nSPS) is 17.8. The van der Waals surface area contributed by atoms with Crippen molar-refractivity contribution in [2.45, 2.75) is 103 Å². The van der Waals surface area contributed by atoms with Gasteiger partial charge < -0.3 is 24.8 Å². The van der Waals surface area contributed by atoms with Crippen molar-refractivity contribution < 1.29 is 41.4 Å². The second-order valence-electron chi connectivity index (χ2n) is 14.4. The van der Waals surface area contributed by atoms with Crippen LogP contribution in [0.3, 0.4) is 0 Å². The van der Waals surface area contributed by atoms with Gasteiger partial charge in [-0.05, 0) is 0 Å². The van der Waals surface area contributed by atoms with Crippen molar-refractivity contribution in [3.63, 3.8) is 0 Å². The van der Waals surface area contributed by atoms with Crippen LogP contribution in [0.15, 0.2) is 96.1 Å². The number of halogens is 2. The van der Waals surface area contributed by atoms with Gasteiger partial charge in [0, 0.05) is 0 Å². The summed E-state index contributed by atoms with van der Waals surface area (Å²) in [6.07, 6.45) is 16.4. The van der Waals surface area contributed by atoms with Crippen LogP contribution < -0.4 is 24.8 Å². The van der Waals surface area contributed by atoms with Crippen LogP contribution >= 0.6 is 0 Å². The van der Waals surface area contributed by atoms with E-state index >= 15 is 0 Å². The first kappa shape index (κ1) is 36.9. The summed E-state index contributed by atoms with van der Waals surface area (Å²) in [5.74, 6) is 0. The maximum atomic E-state index is 2.68. The van der Waals surface area contributed by atoms with Crippen molar-refractivity contribution in [2.75, 3.05) is 0 Å². The number of aryl methyl sites for hydroxylation is 2. The summed E-state index contributed by atoms with van der Waals surface area (Å²) < 4.78 is 4.36. The SMILES string of the molecule is CCCC1=Cc2c(-c3ccc(CCC)cc3)cccc2[CH]1[Ti+2]1([CH]2C(CCC)=Cc3c(-c4ccc(CCC)cc4)cccc32)[CH2]C[CH2]1.[Cl-].[Cl-]. The van der Waals surface area contributed by atoms with E-state index in [2.05, 4.69) is 125 Å². The molecule has 0 spiro atoms. The third kappa shape index (κ3) is 6.61. The van der Waals surface area contributed by atoms with Gasteiger partial charge in [0.05, 0.1) is 0 Å².